The molecule has 2 N–H and O–H groups in total. The summed E-state index contributed by atoms with van der Waals surface area (Å²) in [5.74, 6) is -1.89. The number of aliphatic carboxylic acids is 1. The van der Waals surface area contributed by atoms with E-state index >= 15 is 0 Å². The molecule has 2 rings (SSSR count). The number of carboxylic acid groups (broad SMARTS) is 1. The van der Waals surface area contributed by atoms with Gasteiger partial charge in [0.15, 0.2) is 0 Å². The van der Waals surface area contributed by atoms with Crippen LogP contribution in [0.2, 0.25) is 0 Å². The van der Waals surface area contributed by atoms with Gasteiger partial charge in [-0.2, -0.15) is 0 Å². The van der Waals surface area contributed by atoms with Crippen molar-refractivity contribution >= 4 is 11.9 Å². The maximum absolute atomic E-state index is 12.1. The van der Waals surface area contributed by atoms with Crippen LogP contribution in [-0.4, -0.2) is 45.7 Å². The number of hydrogen-bond acceptors (Lipinski definition) is 3. The molecule has 2 aliphatic rings. The molecule has 5 heteroatoms. The second kappa shape index (κ2) is 4.29. The van der Waals surface area contributed by atoms with Crippen molar-refractivity contribution in [3.05, 3.63) is 0 Å². The van der Waals surface area contributed by atoms with Crippen LogP contribution in [0.1, 0.15) is 32.6 Å². The van der Waals surface area contributed by atoms with E-state index in [1.807, 2.05) is 0 Å². The van der Waals surface area contributed by atoms with E-state index in [4.69, 9.17) is 5.11 Å². The minimum Gasteiger partial charge on any atom is -0.481 e. The van der Waals surface area contributed by atoms with Crippen molar-refractivity contribution < 1.29 is 19.8 Å². The standard InChI is InChI=1S/C12H19NO4/c1-12(17)6-13(7-12)10(14)8-4-2-3-5-9(8)11(15)16/h8-9,17H,2-7H2,1H3,(H,15,16)/t8-,9+/m1/s1. The first-order valence-corrected chi connectivity index (χ1v) is 6.15. The third kappa shape index (κ3) is 2.44. The molecule has 0 radical (unpaired) electrons. The van der Waals surface area contributed by atoms with Gasteiger partial charge < -0.3 is 15.1 Å². The lowest BCUT2D eigenvalue weighted by atomic mass is 9.77. The van der Waals surface area contributed by atoms with Gasteiger partial charge in [-0.1, -0.05) is 12.8 Å². The highest BCUT2D eigenvalue weighted by Gasteiger charge is 2.45. The molecule has 5 nitrogen and oxygen atoms in total. The Labute approximate surface area is 100 Å². The molecular formula is C12H19NO4. The van der Waals surface area contributed by atoms with Crippen molar-refractivity contribution in [2.75, 3.05) is 13.1 Å². The molecule has 0 aromatic heterocycles. The fourth-order valence-electron chi connectivity index (χ4n) is 2.89. The maximum atomic E-state index is 12.1. The van der Waals surface area contributed by atoms with Crippen molar-refractivity contribution in [3.8, 4) is 0 Å². The van der Waals surface area contributed by atoms with Crippen molar-refractivity contribution in [3.63, 3.8) is 0 Å². The van der Waals surface area contributed by atoms with Crippen LogP contribution in [0, 0.1) is 11.8 Å². The largest absolute Gasteiger partial charge is 0.481 e. The maximum Gasteiger partial charge on any atom is 0.307 e. The van der Waals surface area contributed by atoms with E-state index in [-0.39, 0.29) is 5.91 Å². The second-order valence-electron chi connectivity index (χ2n) is 5.53. The third-order valence-electron chi connectivity index (χ3n) is 3.78. The van der Waals surface area contributed by atoms with Crippen molar-refractivity contribution in [1.82, 2.24) is 4.90 Å². The van der Waals surface area contributed by atoms with Gasteiger partial charge >= 0.3 is 5.97 Å². The Kier molecular flexibility index (Phi) is 3.12. The summed E-state index contributed by atoms with van der Waals surface area (Å²) in [7, 11) is 0. The van der Waals surface area contributed by atoms with Gasteiger partial charge in [-0.25, -0.2) is 0 Å². The zero-order chi connectivity index (χ0) is 12.6. The van der Waals surface area contributed by atoms with Gasteiger partial charge in [0.05, 0.1) is 30.5 Å². The van der Waals surface area contributed by atoms with E-state index in [9.17, 15) is 14.7 Å². The van der Waals surface area contributed by atoms with Gasteiger partial charge in [-0.05, 0) is 19.8 Å². The van der Waals surface area contributed by atoms with Crippen molar-refractivity contribution in [2.24, 2.45) is 11.8 Å². The Bertz CT molecular complexity index is 331. The second-order valence-corrected chi connectivity index (χ2v) is 5.53. The number of hydrogen-bond donors (Lipinski definition) is 2. The molecule has 1 aliphatic heterocycles. The Morgan fingerprint density at radius 1 is 1.18 bits per heavy atom. The topological polar surface area (TPSA) is 77.8 Å². The molecule has 0 bridgehead atoms. The predicted molar refractivity (Wildman–Crippen MR) is 60.3 cm³/mol. The summed E-state index contributed by atoms with van der Waals surface area (Å²) in [4.78, 5) is 24.8. The Hall–Kier alpha value is -1.10. The average Bonchev–Trinajstić information content (AvgIpc) is 2.24. The highest BCUT2D eigenvalue weighted by molar-refractivity contribution is 5.85. The zero-order valence-electron chi connectivity index (χ0n) is 10.1. The first-order valence-electron chi connectivity index (χ1n) is 6.15. The van der Waals surface area contributed by atoms with Crippen molar-refractivity contribution in [2.45, 2.75) is 38.2 Å². The monoisotopic (exact) mass is 241 g/mol. The highest BCUT2D eigenvalue weighted by atomic mass is 16.4. The molecule has 0 aromatic rings. The molecule has 2 atom stereocenters. The van der Waals surface area contributed by atoms with Crippen LogP contribution < -0.4 is 0 Å². The average molecular weight is 241 g/mol. The molecule has 1 aliphatic carbocycles. The van der Waals surface area contributed by atoms with E-state index in [1.54, 1.807) is 11.8 Å². The van der Waals surface area contributed by atoms with Crippen molar-refractivity contribution in [1.29, 1.82) is 0 Å². The van der Waals surface area contributed by atoms with Gasteiger partial charge in [0.1, 0.15) is 0 Å². The third-order valence-corrected chi connectivity index (χ3v) is 3.78. The van der Waals surface area contributed by atoms with Crippen LogP contribution in [0.5, 0.6) is 0 Å². The molecular weight excluding hydrogens is 222 g/mol. The number of β-amino-alcohol motifs (C(OH)–C–C–N with tert-alkyl or cyclic N) is 1. The summed E-state index contributed by atoms with van der Waals surface area (Å²) in [6.45, 7) is 2.34. The number of aliphatic hydroxyl groups is 1. The smallest absolute Gasteiger partial charge is 0.307 e. The van der Waals surface area contributed by atoms with E-state index in [0.717, 1.165) is 12.8 Å². The zero-order valence-corrected chi connectivity index (χ0v) is 10.1. The van der Waals surface area contributed by atoms with Crippen LogP contribution in [0.4, 0.5) is 0 Å². The van der Waals surface area contributed by atoms with Crippen LogP contribution in [0.3, 0.4) is 0 Å². The molecule has 1 saturated carbocycles. The fourth-order valence-corrected chi connectivity index (χ4v) is 2.89. The lowest BCUT2D eigenvalue weighted by molar-refractivity contribution is -0.164. The quantitative estimate of drug-likeness (QED) is 0.736. The predicted octanol–water partition coefficient (Wildman–Crippen LogP) is 0.471. The van der Waals surface area contributed by atoms with E-state index in [1.165, 1.54) is 0 Å². The minimum atomic E-state index is -0.865. The molecule has 0 unspecified atom stereocenters. The molecule has 2 fully saturated rings. The number of amides is 1. The number of nitrogens with zero attached hydrogens (tertiary/aromatic N) is 1. The summed E-state index contributed by atoms with van der Waals surface area (Å²) in [6.07, 6.45) is 3.06. The molecule has 96 valence electrons. The van der Waals surface area contributed by atoms with E-state index < -0.39 is 23.4 Å². The fraction of sp³-hybridized carbons (Fsp3) is 0.833. The number of carbonyl (C=O) groups is 2. The normalized spacial score (nSPS) is 31.8. The molecule has 17 heavy (non-hydrogen) atoms. The van der Waals surface area contributed by atoms with Crippen LogP contribution in [0.15, 0.2) is 0 Å². The summed E-state index contributed by atoms with van der Waals surface area (Å²) in [5.41, 5.74) is -0.789. The summed E-state index contributed by atoms with van der Waals surface area (Å²) in [5, 5.41) is 18.7. The molecule has 1 heterocycles. The summed E-state index contributed by atoms with van der Waals surface area (Å²) in [6, 6.07) is 0. The first-order chi connectivity index (χ1) is 7.91. The first kappa shape index (κ1) is 12.4. The van der Waals surface area contributed by atoms with Crippen LogP contribution in [-0.2, 0) is 9.59 Å². The minimum absolute atomic E-state index is 0.0939. The molecule has 0 spiro atoms. The summed E-state index contributed by atoms with van der Waals surface area (Å²) >= 11 is 0. The summed E-state index contributed by atoms with van der Waals surface area (Å²) < 4.78 is 0. The number of rotatable bonds is 2. The number of carboxylic acids is 1. The lowest BCUT2D eigenvalue weighted by Crippen LogP contribution is -2.63. The molecule has 1 saturated heterocycles. The molecule has 1 amide bonds. The van der Waals surface area contributed by atoms with E-state index in [2.05, 4.69) is 0 Å². The lowest BCUT2D eigenvalue weighted by Gasteiger charge is -2.46. The molecule has 0 aromatic carbocycles. The SMILES string of the molecule is CC1(O)CN(C(=O)[C@@H]2CCCC[C@@H]2C(=O)O)C1. The van der Waals surface area contributed by atoms with Gasteiger partial charge in [0.2, 0.25) is 5.91 Å². The van der Waals surface area contributed by atoms with Crippen LogP contribution >= 0.6 is 0 Å². The van der Waals surface area contributed by atoms with Gasteiger partial charge in [0.25, 0.3) is 0 Å². The Morgan fingerprint density at radius 3 is 2.18 bits per heavy atom. The van der Waals surface area contributed by atoms with Gasteiger partial charge in [0, 0.05) is 0 Å². The highest BCUT2D eigenvalue weighted by Crippen LogP contribution is 2.34. The Morgan fingerprint density at radius 2 is 1.71 bits per heavy atom. The van der Waals surface area contributed by atoms with Gasteiger partial charge in [-0.3, -0.25) is 9.59 Å². The number of carbonyl (C=O) groups excluding carboxylic acids is 1. The van der Waals surface area contributed by atoms with Gasteiger partial charge in [-0.15, -0.1) is 0 Å². The van der Waals surface area contributed by atoms with E-state index in [0.29, 0.717) is 25.9 Å². The Balaban J connectivity index is 2.00. The number of likely N-dealkylation sites (tertiary alicyclic amines) is 1. The van der Waals surface area contributed by atoms with Crippen LogP contribution in [0.25, 0.3) is 0 Å².